The third kappa shape index (κ3) is 2.38. The smallest absolute Gasteiger partial charge is 0.218 e. The minimum absolute atomic E-state index is 0.324. The Morgan fingerprint density at radius 1 is 1.17 bits per heavy atom. The normalized spacial score (nSPS) is 12.4. The van der Waals surface area contributed by atoms with E-state index in [0.717, 1.165) is 5.56 Å². The first-order valence-corrected chi connectivity index (χ1v) is 7.10. The molecule has 0 saturated heterocycles. The Balaban J connectivity index is 2.76. The molecule has 0 aliphatic rings. The standard InChI is InChI=1S/C14H14FO2P/c1-2-10-6-5-9-13(18(16)17)14(10)11-7-3-4-8-12(11)15/h3-9,18H,2H2,1H3,(H,16,17). The molecule has 0 aliphatic heterocycles. The zero-order chi connectivity index (χ0) is 13.1. The number of hydrogen-bond donors (Lipinski definition) is 1. The van der Waals surface area contributed by atoms with Crippen LogP contribution >= 0.6 is 8.03 Å². The van der Waals surface area contributed by atoms with Crippen molar-refractivity contribution in [3.63, 3.8) is 0 Å². The van der Waals surface area contributed by atoms with Crippen molar-refractivity contribution in [3.05, 3.63) is 53.8 Å². The largest absolute Gasteiger partial charge is 0.343 e. The minimum atomic E-state index is -2.85. The molecule has 0 bridgehead atoms. The van der Waals surface area contributed by atoms with Crippen LogP contribution < -0.4 is 5.30 Å². The summed E-state index contributed by atoms with van der Waals surface area (Å²) in [5.41, 5.74) is 1.83. The Kier molecular flexibility index (Phi) is 3.95. The number of hydrogen-bond acceptors (Lipinski definition) is 1. The van der Waals surface area contributed by atoms with Crippen molar-refractivity contribution in [2.75, 3.05) is 0 Å². The van der Waals surface area contributed by atoms with Gasteiger partial charge in [-0.15, -0.1) is 0 Å². The van der Waals surface area contributed by atoms with Gasteiger partial charge < -0.3 is 4.89 Å². The van der Waals surface area contributed by atoms with E-state index in [9.17, 15) is 13.8 Å². The van der Waals surface area contributed by atoms with Gasteiger partial charge in [0.2, 0.25) is 8.03 Å². The summed E-state index contributed by atoms with van der Waals surface area (Å²) in [4.78, 5) is 9.40. The van der Waals surface area contributed by atoms with Crippen LogP contribution in [0.2, 0.25) is 0 Å². The fraction of sp³-hybridized carbons (Fsp3) is 0.143. The Morgan fingerprint density at radius 2 is 1.89 bits per heavy atom. The van der Waals surface area contributed by atoms with Gasteiger partial charge in [-0.3, -0.25) is 4.57 Å². The van der Waals surface area contributed by atoms with Crippen molar-refractivity contribution in [2.24, 2.45) is 0 Å². The molecule has 0 spiro atoms. The lowest BCUT2D eigenvalue weighted by atomic mass is 9.97. The maximum absolute atomic E-state index is 13.9. The average molecular weight is 264 g/mol. The number of halogens is 1. The molecule has 0 aliphatic carbocycles. The van der Waals surface area contributed by atoms with E-state index in [1.165, 1.54) is 6.07 Å². The molecule has 0 amide bonds. The highest BCUT2D eigenvalue weighted by Crippen LogP contribution is 2.30. The lowest BCUT2D eigenvalue weighted by molar-refractivity contribution is 0.513. The van der Waals surface area contributed by atoms with E-state index in [-0.39, 0.29) is 5.82 Å². The highest BCUT2D eigenvalue weighted by atomic mass is 31.1. The SMILES string of the molecule is CCc1cccc([PH](=O)O)c1-c1ccccc1F. The van der Waals surface area contributed by atoms with E-state index >= 15 is 0 Å². The highest BCUT2D eigenvalue weighted by Gasteiger charge is 2.15. The van der Waals surface area contributed by atoms with E-state index < -0.39 is 8.03 Å². The van der Waals surface area contributed by atoms with Crippen LogP contribution in [0.15, 0.2) is 42.5 Å². The van der Waals surface area contributed by atoms with Crippen LogP contribution in [0, 0.1) is 5.82 Å². The molecule has 18 heavy (non-hydrogen) atoms. The number of rotatable bonds is 3. The molecular formula is C14H14FO2P. The first-order valence-electron chi connectivity index (χ1n) is 5.75. The van der Waals surface area contributed by atoms with Gasteiger partial charge >= 0.3 is 0 Å². The van der Waals surface area contributed by atoms with Crippen molar-refractivity contribution < 1.29 is 13.8 Å². The van der Waals surface area contributed by atoms with Crippen molar-refractivity contribution in [1.29, 1.82) is 0 Å². The molecular weight excluding hydrogens is 250 g/mol. The zero-order valence-electron chi connectivity index (χ0n) is 9.98. The van der Waals surface area contributed by atoms with Gasteiger partial charge in [-0.05, 0) is 24.1 Å². The van der Waals surface area contributed by atoms with Gasteiger partial charge in [0.25, 0.3) is 0 Å². The molecule has 0 radical (unpaired) electrons. The highest BCUT2D eigenvalue weighted by molar-refractivity contribution is 7.47. The van der Waals surface area contributed by atoms with Crippen molar-refractivity contribution in [1.82, 2.24) is 0 Å². The lowest BCUT2D eigenvalue weighted by Crippen LogP contribution is -2.06. The monoisotopic (exact) mass is 264 g/mol. The first-order chi connectivity index (χ1) is 8.65. The predicted octanol–water partition coefficient (Wildman–Crippen LogP) is 3.15. The molecule has 2 nitrogen and oxygen atoms in total. The Bertz CT molecular complexity index is 596. The van der Waals surface area contributed by atoms with Gasteiger partial charge in [-0.1, -0.05) is 37.3 Å². The van der Waals surface area contributed by atoms with Crippen LogP contribution in [0.25, 0.3) is 11.1 Å². The second kappa shape index (κ2) is 5.47. The Morgan fingerprint density at radius 3 is 2.50 bits per heavy atom. The van der Waals surface area contributed by atoms with Gasteiger partial charge in [0.1, 0.15) is 5.82 Å². The molecule has 0 fully saturated rings. The van der Waals surface area contributed by atoms with Crippen molar-refractivity contribution in [3.8, 4) is 11.1 Å². The predicted molar refractivity (Wildman–Crippen MR) is 72.1 cm³/mol. The average Bonchev–Trinajstić information content (AvgIpc) is 2.38. The van der Waals surface area contributed by atoms with E-state index in [4.69, 9.17) is 0 Å². The van der Waals surface area contributed by atoms with E-state index in [1.807, 2.05) is 13.0 Å². The third-order valence-corrected chi connectivity index (χ3v) is 3.78. The van der Waals surface area contributed by atoms with Gasteiger partial charge in [0.05, 0.1) is 0 Å². The van der Waals surface area contributed by atoms with Crippen molar-refractivity contribution in [2.45, 2.75) is 13.3 Å². The molecule has 1 unspecified atom stereocenters. The molecule has 0 aromatic heterocycles. The number of benzene rings is 2. The fourth-order valence-electron chi connectivity index (χ4n) is 2.05. The second-order valence-electron chi connectivity index (χ2n) is 3.98. The quantitative estimate of drug-likeness (QED) is 0.865. The van der Waals surface area contributed by atoms with E-state index in [0.29, 0.717) is 22.9 Å². The lowest BCUT2D eigenvalue weighted by Gasteiger charge is -2.13. The van der Waals surface area contributed by atoms with Crippen LogP contribution in [0.1, 0.15) is 12.5 Å². The van der Waals surface area contributed by atoms with E-state index in [1.54, 1.807) is 30.3 Å². The summed E-state index contributed by atoms with van der Waals surface area (Å²) in [6.07, 6.45) is 0.687. The van der Waals surface area contributed by atoms with E-state index in [2.05, 4.69) is 0 Å². The van der Waals surface area contributed by atoms with Gasteiger partial charge in [-0.25, -0.2) is 4.39 Å². The topological polar surface area (TPSA) is 37.3 Å². The summed E-state index contributed by atoms with van der Waals surface area (Å²) in [6, 6.07) is 11.5. The van der Waals surface area contributed by atoms with Crippen LogP contribution in [0.4, 0.5) is 4.39 Å². The maximum atomic E-state index is 13.9. The molecule has 0 saturated carbocycles. The van der Waals surface area contributed by atoms with Crippen LogP contribution in [-0.4, -0.2) is 4.89 Å². The Labute approximate surface area is 106 Å². The van der Waals surface area contributed by atoms with Crippen molar-refractivity contribution >= 4 is 13.3 Å². The van der Waals surface area contributed by atoms with Crippen LogP contribution in [-0.2, 0) is 11.0 Å². The summed E-state index contributed by atoms with van der Waals surface area (Å²) < 4.78 is 25.3. The minimum Gasteiger partial charge on any atom is -0.343 e. The molecule has 1 N–H and O–H groups in total. The first kappa shape index (κ1) is 13.0. The maximum Gasteiger partial charge on any atom is 0.218 e. The van der Waals surface area contributed by atoms with Crippen LogP contribution in [0.5, 0.6) is 0 Å². The molecule has 1 atom stereocenters. The summed E-state index contributed by atoms with van der Waals surface area (Å²) in [6.45, 7) is 1.94. The summed E-state index contributed by atoms with van der Waals surface area (Å²) >= 11 is 0. The Hall–Kier alpha value is -1.44. The molecule has 2 rings (SSSR count). The molecule has 0 heterocycles. The third-order valence-electron chi connectivity index (χ3n) is 2.91. The zero-order valence-corrected chi connectivity index (χ0v) is 11.0. The fourth-order valence-corrected chi connectivity index (χ4v) is 2.80. The number of aryl methyl sites for hydroxylation is 1. The summed E-state index contributed by atoms with van der Waals surface area (Å²) in [5.74, 6) is -0.372. The molecule has 2 aromatic carbocycles. The molecule has 94 valence electrons. The van der Waals surface area contributed by atoms with Gasteiger partial charge in [0, 0.05) is 16.4 Å². The van der Waals surface area contributed by atoms with Gasteiger partial charge in [0.15, 0.2) is 0 Å². The molecule has 2 aromatic rings. The van der Waals surface area contributed by atoms with Gasteiger partial charge in [-0.2, -0.15) is 0 Å². The second-order valence-corrected chi connectivity index (χ2v) is 5.13. The summed E-state index contributed by atoms with van der Waals surface area (Å²) in [7, 11) is -2.85. The van der Waals surface area contributed by atoms with Crippen LogP contribution in [0.3, 0.4) is 0 Å². The summed E-state index contributed by atoms with van der Waals surface area (Å²) in [5, 5.41) is 0.324. The molecule has 4 heteroatoms.